The Morgan fingerprint density at radius 3 is 2.17 bits per heavy atom. The van der Waals surface area contributed by atoms with Gasteiger partial charge in [-0.1, -0.05) is 31.2 Å². The van der Waals surface area contributed by atoms with E-state index in [0.717, 1.165) is 25.7 Å². The van der Waals surface area contributed by atoms with Crippen molar-refractivity contribution < 1.29 is 9.59 Å². The number of likely N-dealkylation sites (tertiary alicyclic amines) is 1. The number of benzene rings is 1. The van der Waals surface area contributed by atoms with Crippen molar-refractivity contribution in [1.29, 1.82) is 0 Å². The van der Waals surface area contributed by atoms with Crippen molar-refractivity contribution in [3.63, 3.8) is 0 Å². The lowest BCUT2D eigenvalue weighted by atomic mass is 9.95. The fourth-order valence-electron chi connectivity index (χ4n) is 3.09. The first-order valence-corrected chi connectivity index (χ1v) is 8.58. The zero-order valence-corrected chi connectivity index (χ0v) is 14.5. The molecule has 0 saturated carbocycles. The molecule has 1 fully saturated rings. The SMILES string of the molecule is CCc1ccc(CCC(=O)N2CCC(C(=O)N(C)C)CC2)cc1. The number of nitrogens with zero attached hydrogens (tertiary/aromatic N) is 2. The van der Waals surface area contributed by atoms with Crippen LogP contribution in [0, 0.1) is 5.92 Å². The summed E-state index contributed by atoms with van der Waals surface area (Å²) in [4.78, 5) is 27.9. The topological polar surface area (TPSA) is 40.6 Å². The molecule has 0 aliphatic carbocycles. The Kier molecular flexibility index (Phi) is 6.20. The third-order valence-electron chi connectivity index (χ3n) is 4.70. The van der Waals surface area contributed by atoms with Crippen LogP contribution in [0.2, 0.25) is 0 Å². The van der Waals surface area contributed by atoms with Crippen molar-refractivity contribution in [2.45, 2.75) is 39.0 Å². The molecule has 1 saturated heterocycles. The van der Waals surface area contributed by atoms with Crippen LogP contribution in [-0.2, 0) is 22.4 Å². The van der Waals surface area contributed by atoms with Crippen LogP contribution in [-0.4, -0.2) is 48.8 Å². The predicted octanol–water partition coefficient (Wildman–Crippen LogP) is 2.51. The minimum atomic E-state index is 0.0793. The number of rotatable bonds is 5. The molecule has 1 aliphatic heterocycles. The van der Waals surface area contributed by atoms with Crippen LogP contribution in [0.15, 0.2) is 24.3 Å². The first-order valence-electron chi connectivity index (χ1n) is 8.58. The molecule has 0 radical (unpaired) electrons. The van der Waals surface area contributed by atoms with E-state index >= 15 is 0 Å². The van der Waals surface area contributed by atoms with Crippen LogP contribution < -0.4 is 0 Å². The molecule has 23 heavy (non-hydrogen) atoms. The Morgan fingerprint density at radius 1 is 1.09 bits per heavy atom. The summed E-state index contributed by atoms with van der Waals surface area (Å²) < 4.78 is 0. The number of hydrogen-bond acceptors (Lipinski definition) is 2. The standard InChI is InChI=1S/C19H28N2O2/c1-4-15-5-7-16(8-6-15)9-10-18(22)21-13-11-17(12-14-21)19(23)20(2)3/h5-8,17H,4,9-14H2,1-3H3. The average molecular weight is 316 g/mol. The second-order valence-electron chi connectivity index (χ2n) is 6.56. The van der Waals surface area contributed by atoms with Crippen molar-refractivity contribution in [2.75, 3.05) is 27.2 Å². The van der Waals surface area contributed by atoms with Gasteiger partial charge in [0.15, 0.2) is 0 Å². The van der Waals surface area contributed by atoms with Crippen molar-refractivity contribution in [3.8, 4) is 0 Å². The molecule has 0 bridgehead atoms. The Morgan fingerprint density at radius 2 is 1.65 bits per heavy atom. The number of carbonyl (C=O) groups is 2. The van der Waals surface area contributed by atoms with Crippen LogP contribution in [0.25, 0.3) is 0 Å². The lowest BCUT2D eigenvalue weighted by Crippen LogP contribution is -2.42. The van der Waals surface area contributed by atoms with E-state index in [1.165, 1.54) is 11.1 Å². The molecule has 0 aromatic heterocycles. The number of piperidine rings is 1. The minimum absolute atomic E-state index is 0.0793. The second-order valence-corrected chi connectivity index (χ2v) is 6.56. The monoisotopic (exact) mass is 316 g/mol. The summed E-state index contributed by atoms with van der Waals surface area (Å²) >= 11 is 0. The van der Waals surface area contributed by atoms with Crippen molar-refractivity contribution in [1.82, 2.24) is 9.80 Å². The van der Waals surface area contributed by atoms with Gasteiger partial charge in [-0.05, 0) is 36.8 Å². The molecule has 0 atom stereocenters. The first-order chi connectivity index (χ1) is 11.0. The smallest absolute Gasteiger partial charge is 0.225 e. The molecule has 0 N–H and O–H groups in total. The third kappa shape index (κ3) is 4.81. The highest BCUT2D eigenvalue weighted by atomic mass is 16.2. The van der Waals surface area contributed by atoms with Gasteiger partial charge in [0.25, 0.3) is 0 Å². The molecule has 4 nitrogen and oxygen atoms in total. The molecule has 1 aliphatic rings. The molecule has 4 heteroatoms. The van der Waals surface area contributed by atoms with Crippen molar-refractivity contribution in [2.24, 2.45) is 5.92 Å². The van der Waals surface area contributed by atoms with Crippen LogP contribution in [0.4, 0.5) is 0 Å². The van der Waals surface area contributed by atoms with Crippen LogP contribution in [0.1, 0.15) is 37.3 Å². The van der Waals surface area contributed by atoms with Crippen LogP contribution in [0.5, 0.6) is 0 Å². The van der Waals surface area contributed by atoms with E-state index in [2.05, 4.69) is 31.2 Å². The maximum atomic E-state index is 12.3. The van der Waals surface area contributed by atoms with Gasteiger partial charge in [0.1, 0.15) is 0 Å². The fraction of sp³-hybridized carbons (Fsp3) is 0.579. The highest BCUT2D eigenvalue weighted by molar-refractivity contribution is 5.80. The summed E-state index contributed by atoms with van der Waals surface area (Å²) in [6, 6.07) is 8.51. The van der Waals surface area contributed by atoms with E-state index in [1.54, 1.807) is 19.0 Å². The van der Waals surface area contributed by atoms with Gasteiger partial charge in [-0.2, -0.15) is 0 Å². The quantitative estimate of drug-likeness (QED) is 0.837. The van der Waals surface area contributed by atoms with E-state index in [9.17, 15) is 9.59 Å². The Balaban J connectivity index is 1.77. The van der Waals surface area contributed by atoms with E-state index in [-0.39, 0.29) is 17.7 Å². The minimum Gasteiger partial charge on any atom is -0.349 e. The summed E-state index contributed by atoms with van der Waals surface area (Å²) in [5, 5.41) is 0. The van der Waals surface area contributed by atoms with Crippen LogP contribution in [0.3, 0.4) is 0 Å². The number of carbonyl (C=O) groups excluding carboxylic acids is 2. The molecule has 126 valence electrons. The zero-order valence-electron chi connectivity index (χ0n) is 14.5. The van der Waals surface area contributed by atoms with Gasteiger partial charge in [-0.25, -0.2) is 0 Å². The maximum absolute atomic E-state index is 12.3. The average Bonchev–Trinajstić information content (AvgIpc) is 2.59. The maximum Gasteiger partial charge on any atom is 0.225 e. The van der Waals surface area contributed by atoms with E-state index in [0.29, 0.717) is 19.5 Å². The van der Waals surface area contributed by atoms with Crippen LogP contribution >= 0.6 is 0 Å². The summed E-state index contributed by atoms with van der Waals surface area (Å²) in [5.74, 6) is 0.476. The molecule has 2 rings (SSSR count). The summed E-state index contributed by atoms with van der Waals surface area (Å²) in [6.07, 6.45) is 3.96. The van der Waals surface area contributed by atoms with E-state index < -0.39 is 0 Å². The molecule has 2 amide bonds. The normalized spacial score (nSPS) is 15.5. The third-order valence-corrected chi connectivity index (χ3v) is 4.70. The van der Waals surface area contributed by atoms with Gasteiger partial charge in [0, 0.05) is 39.5 Å². The largest absolute Gasteiger partial charge is 0.349 e. The molecule has 1 aromatic carbocycles. The van der Waals surface area contributed by atoms with Gasteiger partial charge >= 0.3 is 0 Å². The summed E-state index contributed by atoms with van der Waals surface area (Å²) in [5.41, 5.74) is 2.54. The lowest BCUT2D eigenvalue weighted by molar-refractivity contribution is -0.139. The molecule has 0 unspecified atom stereocenters. The predicted molar refractivity (Wildman–Crippen MR) is 92.1 cm³/mol. The van der Waals surface area contributed by atoms with Gasteiger partial charge in [0.2, 0.25) is 11.8 Å². The summed E-state index contributed by atoms with van der Waals surface area (Å²) in [7, 11) is 3.59. The molecule has 0 spiro atoms. The van der Waals surface area contributed by atoms with E-state index in [4.69, 9.17) is 0 Å². The molecule has 1 aromatic rings. The van der Waals surface area contributed by atoms with Crippen molar-refractivity contribution in [3.05, 3.63) is 35.4 Å². The first kappa shape index (κ1) is 17.5. The molecular formula is C19H28N2O2. The van der Waals surface area contributed by atoms with E-state index in [1.807, 2.05) is 4.90 Å². The number of aryl methyl sites for hydroxylation is 2. The Labute approximate surface area is 139 Å². The number of hydrogen-bond donors (Lipinski definition) is 0. The number of amides is 2. The molecular weight excluding hydrogens is 288 g/mol. The molecule has 1 heterocycles. The Hall–Kier alpha value is -1.84. The second kappa shape index (κ2) is 8.14. The lowest BCUT2D eigenvalue weighted by Gasteiger charge is -2.32. The highest BCUT2D eigenvalue weighted by Crippen LogP contribution is 2.20. The van der Waals surface area contributed by atoms with Gasteiger partial charge < -0.3 is 9.80 Å². The summed E-state index contributed by atoms with van der Waals surface area (Å²) in [6.45, 7) is 3.55. The van der Waals surface area contributed by atoms with Gasteiger partial charge in [-0.3, -0.25) is 9.59 Å². The van der Waals surface area contributed by atoms with Gasteiger partial charge in [-0.15, -0.1) is 0 Å². The highest BCUT2D eigenvalue weighted by Gasteiger charge is 2.27. The van der Waals surface area contributed by atoms with Gasteiger partial charge in [0.05, 0.1) is 0 Å². The zero-order chi connectivity index (χ0) is 16.8. The Bertz CT molecular complexity index is 529. The van der Waals surface area contributed by atoms with Crippen molar-refractivity contribution >= 4 is 11.8 Å². The fourth-order valence-corrected chi connectivity index (χ4v) is 3.09.